The van der Waals surface area contributed by atoms with E-state index in [1.165, 1.54) is 29.3 Å². The van der Waals surface area contributed by atoms with Crippen LogP contribution in [0.15, 0.2) is 126 Å². The van der Waals surface area contributed by atoms with Crippen molar-refractivity contribution >= 4 is 73.3 Å². The highest BCUT2D eigenvalue weighted by Crippen LogP contribution is 2.37. The minimum atomic E-state index is -4.63. The third-order valence-corrected chi connectivity index (χ3v) is 16.9. The van der Waals surface area contributed by atoms with E-state index in [1.54, 1.807) is 36.5 Å². The van der Waals surface area contributed by atoms with E-state index >= 15 is 0 Å². The quantitative estimate of drug-likeness (QED) is 0.0206. The molecule has 0 saturated carbocycles. The normalized spacial score (nSPS) is 16.7. The van der Waals surface area contributed by atoms with Crippen molar-refractivity contribution in [3.05, 3.63) is 165 Å². The smallest absolute Gasteiger partial charge is 0.293 e. The number of H-pyrrole nitrogens is 1. The maximum absolute atomic E-state index is 14.1. The molecule has 0 aliphatic carbocycles. The van der Waals surface area contributed by atoms with Gasteiger partial charge in [0.2, 0.25) is 11.8 Å². The van der Waals surface area contributed by atoms with Gasteiger partial charge in [0.05, 0.1) is 28.2 Å². The molecule has 3 fully saturated rings. The number of nitro benzene ring substituents is 1. The number of carbonyl (C=O) groups is 4. The Morgan fingerprint density at radius 2 is 1.70 bits per heavy atom. The zero-order valence-corrected chi connectivity index (χ0v) is 46.6. The number of benzene rings is 5. The van der Waals surface area contributed by atoms with Crippen LogP contribution in [0.25, 0.3) is 22.2 Å². The minimum Gasteiger partial charge on any atom is -0.493 e. The fourth-order valence-corrected chi connectivity index (χ4v) is 12.0. The number of fused-ring (bicyclic) bond motifs is 2. The van der Waals surface area contributed by atoms with Crippen LogP contribution >= 0.6 is 11.6 Å². The number of piperidine rings is 1. The van der Waals surface area contributed by atoms with E-state index in [4.69, 9.17) is 25.8 Å². The molecule has 0 radical (unpaired) electrons. The summed E-state index contributed by atoms with van der Waals surface area (Å²) in [6, 6.07) is 30.4. The maximum Gasteiger partial charge on any atom is 0.293 e. The second kappa shape index (κ2) is 24.7. The Hall–Kier alpha value is -8.81. The molecule has 4 aliphatic rings. The summed E-state index contributed by atoms with van der Waals surface area (Å²) in [5.74, 6) is 5.80. The number of halogens is 1. The molecule has 83 heavy (non-hydrogen) atoms. The van der Waals surface area contributed by atoms with Crippen molar-refractivity contribution < 1.29 is 46.7 Å². The number of carbonyl (C=O) groups excluding carboxylic acids is 4. The summed E-state index contributed by atoms with van der Waals surface area (Å²) < 4.78 is 48.1. The topological polar surface area (TPSA) is 248 Å². The number of nitrogens with one attached hydrogen (secondary N) is 4. The molecule has 1 atom stereocenters. The summed E-state index contributed by atoms with van der Waals surface area (Å²) in [5, 5.41) is 19.0. The van der Waals surface area contributed by atoms with E-state index in [9.17, 15) is 37.7 Å². The van der Waals surface area contributed by atoms with Crippen LogP contribution in [0.5, 0.6) is 17.2 Å². The molecule has 11 rings (SSSR count). The first-order valence-corrected chi connectivity index (χ1v) is 29.3. The van der Waals surface area contributed by atoms with Crippen LogP contribution < -0.4 is 29.7 Å². The zero-order chi connectivity index (χ0) is 57.6. The highest BCUT2D eigenvalue weighted by molar-refractivity contribution is 7.90. The number of nitrogens with zero attached hydrogens (tertiary/aromatic N) is 5. The van der Waals surface area contributed by atoms with Crippen molar-refractivity contribution in [2.75, 3.05) is 62.8 Å². The molecule has 3 saturated heterocycles. The van der Waals surface area contributed by atoms with Gasteiger partial charge in [-0.15, -0.1) is 0 Å². The molecule has 0 spiro atoms. The highest BCUT2D eigenvalue weighted by atomic mass is 35.5. The van der Waals surface area contributed by atoms with Crippen LogP contribution in [0.3, 0.4) is 0 Å². The standard InChI is InChI=1S/C61H58ClN9O11S/c62-43-13-11-41(12-14-43)47-8-5-10-55(81-29-3-1-2-6-40-7-4-9-48-50(40)38-70(61(48)75)53-19-20-57(72)66-60(53)74)51(47)37-68-25-27-69(28-26-68)44-15-17-49(56(33-44)82-45-32-42-21-24-63-58(42)65-36-45)59(73)67-83(78,79)46-16-18-52(54(34-46)71(76)77)64-35-39-22-30-80-31-23-39/h4-5,7-18,21,24,32-34,36,39,53,64H,1,3,19-20,22-23,25-31,35,37-38H2,(H,63,65)(H,67,73)(H,66,72,74). The van der Waals surface area contributed by atoms with Crippen molar-refractivity contribution in [3.63, 3.8) is 0 Å². The molecule has 4 N–H and O–H groups in total. The van der Waals surface area contributed by atoms with Gasteiger partial charge in [-0.3, -0.25) is 39.5 Å². The van der Waals surface area contributed by atoms with E-state index < -0.39 is 43.4 Å². The number of rotatable bonds is 18. The first-order valence-electron chi connectivity index (χ1n) is 27.4. The van der Waals surface area contributed by atoms with Crippen molar-refractivity contribution in [1.29, 1.82) is 0 Å². The number of aromatic nitrogens is 2. The van der Waals surface area contributed by atoms with Crippen molar-refractivity contribution in [2.24, 2.45) is 5.92 Å². The van der Waals surface area contributed by atoms with Crippen LogP contribution in [0.1, 0.15) is 75.9 Å². The Labute approximate surface area is 483 Å². The lowest BCUT2D eigenvalue weighted by Gasteiger charge is -2.37. The molecule has 4 aliphatic heterocycles. The monoisotopic (exact) mass is 1160 g/mol. The SMILES string of the molecule is O=C1CCC(N2Cc3c(C#CCCCOc4cccc(-c5ccc(Cl)cc5)c4CN4CCN(c5ccc(C(=O)NS(=O)(=O)c6ccc(NCC7CCOCC7)c([N+](=O)[O-])c6)c(Oc6cnc7[nH]ccc7c6)c5)CC4)cccc3C2=O)C(=O)N1. The molecule has 2 aromatic heterocycles. The molecule has 4 amide bonds. The van der Waals surface area contributed by atoms with Gasteiger partial charge in [-0.05, 0) is 115 Å². The van der Waals surface area contributed by atoms with Crippen LogP contribution in [0.4, 0.5) is 17.1 Å². The summed E-state index contributed by atoms with van der Waals surface area (Å²) in [6.45, 7) is 5.31. The molecular weight excluding hydrogens is 1100 g/mol. The van der Waals surface area contributed by atoms with Crippen molar-refractivity contribution in [1.82, 2.24) is 29.8 Å². The fourth-order valence-electron chi connectivity index (χ4n) is 10.9. The van der Waals surface area contributed by atoms with Gasteiger partial charge < -0.3 is 34.3 Å². The summed E-state index contributed by atoms with van der Waals surface area (Å²) in [5.41, 5.74) is 5.96. The lowest BCUT2D eigenvalue weighted by atomic mass is 9.98. The predicted molar refractivity (Wildman–Crippen MR) is 311 cm³/mol. The van der Waals surface area contributed by atoms with E-state index in [2.05, 4.69) is 53.0 Å². The molecule has 0 bridgehead atoms. The number of hydrogen-bond donors (Lipinski definition) is 4. The molecule has 22 heteroatoms. The third kappa shape index (κ3) is 12.8. The van der Waals surface area contributed by atoms with Gasteiger partial charge in [-0.25, -0.2) is 18.1 Å². The summed E-state index contributed by atoms with van der Waals surface area (Å²) in [6.07, 6.45) is 6.44. The molecule has 7 aromatic rings. The van der Waals surface area contributed by atoms with E-state index in [1.807, 2.05) is 48.5 Å². The molecule has 6 heterocycles. The number of nitro groups is 1. The minimum absolute atomic E-state index is 0.0658. The number of unbranched alkanes of at least 4 members (excludes halogenated alkanes) is 1. The number of pyridine rings is 1. The second-order valence-electron chi connectivity index (χ2n) is 20.7. The Balaban J connectivity index is 0.767. The molecular formula is C61H58ClN9O11S. The Morgan fingerprint density at radius 3 is 2.49 bits per heavy atom. The van der Waals surface area contributed by atoms with Gasteiger partial charge in [0.1, 0.15) is 34.6 Å². The third-order valence-electron chi connectivity index (χ3n) is 15.4. The second-order valence-corrected chi connectivity index (χ2v) is 22.8. The largest absolute Gasteiger partial charge is 0.493 e. The number of aromatic amines is 1. The van der Waals surface area contributed by atoms with Crippen LogP contribution in [-0.4, -0.2) is 115 Å². The van der Waals surface area contributed by atoms with Gasteiger partial charge in [0, 0.05) is 123 Å². The van der Waals surface area contributed by atoms with Gasteiger partial charge in [0.25, 0.3) is 27.5 Å². The van der Waals surface area contributed by atoms with E-state index in [0.29, 0.717) is 93.9 Å². The molecule has 1 unspecified atom stereocenters. The van der Waals surface area contributed by atoms with E-state index in [0.717, 1.165) is 63.5 Å². The van der Waals surface area contributed by atoms with E-state index in [-0.39, 0.29) is 54.1 Å². The number of anilines is 2. The Kier molecular flexibility index (Phi) is 16.7. The van der Waals surface area contributed by atoms with Crippen molar-refractivity contribution in [2.45, 2.75) is 62.6 Å². The number of hydrogen-bond acceptors (Lipinski definition) is 15. The van der Waals surface area contributed by atoms with Gasteiger partial charge in [0.15, 0.2) is 0 Å². The number of piperazine rings is 1. The molecule has 426 valence electrons. The summed E-state index contributed by atoms with van der Waals surface area (Å²) in [7, 11) is -4.63. The van der Waals surface area contributed by atoms with Crippen LogP contribution in [0, 0.1) is 27.9 Å². The maximum atomic E-state index is 14.1. The lowest BCUT2D eigenvalue weighted by Crippen LogP contribution is -2.52. The van der Waals surface area contributed by atoms with Gasteiger partial charge in [-0.2, -0.15) is 0 Å². The lowest BCUT2D eigenvalue weighted by molar-refractivity contribution is -0.384. The number of ether oxygens (including phenoxy) is 3. The average Bonchev–Trinajstić information content (AvgIpc) is 4.36. The van der Waals surface area contributed by atoms with Crippen LogP contribution in [0.2, 0.25) is 5.02 Å². The summed E-state index contributed by atoms with van der Waals surface area (Å²) >= 11 is 6.34. The van der Waals surface area contributed by atoms with Crippen molar-refractivity contribution in [3.8, 4) is 40.2 Å². The first-order chi connectivity index (χ1) is 40.2. The summed E-state index contributed by atoms with van der Waals surface area (Å²) in [4.78, 5) is 76.5. The molecule has 5 aromatic carbocycles. The zero-order valence-electron chi connectivity index (χ0n) is 45.0. The predicted octanol–water partition coefficient (Wildman–Crippen LogP) is 8.83. The van der Waals surface area contributed by atoms with Crippen LogP contribution in [-0.2, 0) is 37.4 Å². The Morgan fingerprint density at radius 1 is 0.904 bits per heavy atom. The molecule has 20 nitrogen and oxygen atoms in total. The average molecular weight is 1160 g/mol. The first kappa shape index (κ1) is 56.1. The van der Waals surface area contributed by atoms with Gasteiger partial charge in [-0.1, -0.05) is 53.8 Å². The van der Waals surface area contributed by atoms with Gasteiger partial charge >= 0.3 is 0 Å². The number of imide groups is 1. The number of amides is 4. The fraction of sp³-hybridized carbons (Fsp3) is 0.295. The number of sulfonamides is 1. The highest BCUT2D eigenvalue weighted by Gasteiger charge is 2.40. The Bertz CT molecular complexity index is 3830.